The maximum atomic E-state index is 13.6. The van der Waals surface area contributed by atoms with E-state index in [9.17, 15) is 9.59 Å². The molecule has 182 valence electrons. The number of benzene rings is 1. The molecule has 5 rings (SSSR count). The third-order valence-corrected chi connectivity index (χ3v) is 6.83. The zero-order valence-corrected chi connectivity index (χ0v) is 20.6. The monoisotopic (exact) mass is 493 g/mol. The van der Waals surface area contributed by atoms with Gasteiger partial charge in [-0.1, -0.05) is 18.5 Å². The zero-order chi connectivity index (χ0) is 24.5. The van der Waals surface area contributed by atoms with E-state index >= 15 is 0 Å². The summed E-state index contributed by atoms with van der Waals surface area (Å²) in [6.07, 6.45) is 5.93. The molecule has 0 spiro atoms. The quantitative estimate of drug-likeness (QED) is 0.427. The molecule has 1 atom stereocenters. The maximum Gasteiger partial charge on any atom is 0.280 e. The molecule has 1 aromatic carbocycles. The average molecular weight is 494 g/mol. The van der Waals surface area contributed by atoms with E-state index in [0.717, 1.165) is 31.6 Å². The Morgan fingerprint density at radius 1 is 1.17 bits per heavy atom. The highest BCUT2D eigenvalue weighted by Gasteiger charge is 2.25. The van der Waals surface area contributed by atoms with Crippen LogP contribution < -0.4 is 10.9 Å². The van der Waals surface area contributed by atoms with Crippen molar-refractivity contribution < 1.29 is 4.79 Å². The topological polar surface area (TPSA) is 90.0 Å². The van der Waals surface area contributed by atoms with Gasteiger partial charge in [0, 0.05) is 30.0 Å². The molecule has 0 unspecified atom stereocenters. The van der Waals surface area contributed by atoms with Crippen molar-refractivity contribution >= 4 is 28.4 Å². The second-order valence-electron chi connectivity index (χ2n) is 8.80. The van der Waals surface area contributed by atoms with Crippen LogP contribution in [0.4, 0.5) is 0 Å². The normalized spacial score (nSPS) is 16.3. The van der Waals surface area contributed by atoms with Gasteiger partial charge in [-0.3, -0.25) is 14.5 Å². The van der Waals surface area contributed by atoms with E-state index in [2.05, 4.69) is 22.2 Å². The van der Waals surface area contributed by atoms with E-state index in [0.29, 0.717) is 40.0 Å². The van der Waals surface area contributed by atoms with Gasteiger partial charge in [0.25, 0.3) is 5.56 Å². The Morgan fingerprint density at radius 2 is 1.91 bits per heavy atom. The van der Waals surface area contributed by atoms with Gasteiger partial charge >= 0.3 is 0 Å². The van der Waals surface area contributed by atoms with Crippen LogP contribution in [0.5, 0.6) is 0 Å². The zero-order valence-electron chi connectivity index (χ0n) is 19.8. The fraction of sp³-hybridized carbons (Fsp3) is 0.360. The number of carbonyl (C=O) groups is 1. The van der Waals surface area contributed by atoms with Crippen molar-refractivity contribution in [3.05, 3.63) is 69.9 Å². The number of likely N-dealkylation sites (N-methyl/N-ethyl adjacent to an activating group) is 1. The molecule has 0 bridgehead atoms. The van der Waals surface area contributed by atoms with Gasteiger partial charge in [-0.2, -0.15) is 10.2 Å². The number of hydrogen-bond acceptors (Lipinski definition) is 5. The van der Waals surface area contributed by atoms with Crippen molar-refractivity contribution in [3.8, 4) is 11.5 Å². The van der Waals surface area contributed by atoms with Gasteiger partial charge in [-0.15, -0.1) is 0 Å². The number of fused-ring (bicyclic) bond motifs is 1. The molecule has 1 amide bonds. The Morgan fingerprint density at radius 3 is 2.63 bits per heavy atom. The van der Waals surface area contributed by atoms with Gasteiger partial charge in [0.05, 0.1) is 11.4 Å². The van der Waals surface area contributed by atoms with E-state index in [1.54, 1.807) is 23.7 Å². The van der Waals surface area contributed by atoms with Crippen LogP contribution in [-0.2, 0) is 11.3 Å². The highest BCUT2D eigenvalue weighted by molar-refractivity contribution is 6.30. The molecule has 3 aromatic heterocycles. The van der Waals surface area contributed by atoms with Gasteiger partial charge in [-0.05, 0) is 69.3 Å². The summed E-state index contributed by atoms with van der Waals surface area (Å²) in [5.41, 5.74) is 1.46. The summed E-state index contributed by atoms with van der Waals surface area (Å²) in [7, 11) is 0. The van der Waals surface area contributed by atoms with Gasteiger partial charge < -0.3 is 9.88 Å². The summed E-state index contributed by atoms with van der Waals surface area (Å²) in [5.74, 6) is 0.357. The number of hydrogen-bond donors (Lipinski definition) is 1. The molecular weight excluding hydrogens is 466 g/mol. The first kappa shape index (κ1) is 23.3. The van der Waals surface area contributed by atoms with Gasteiger partial charge in [-0.25, -0.2) is 9.36 Å². The number of rotatable bonds is 7. The van der Waals surface area contributed by atoms with Gasteiger partial charge in [0.2, 0.25) is 5.91 Å². The third kappa shape index (κ3) is 4.49. The Bertz CT molecular complexity index is 1410. The minimum atomic E-state index is -0.360. The molecule has 0 aliphatic carbocycles. The maximum absolute atomic E-state index is 13.6. The number of nitrogens with one attached hydrogen (secondary N) is 1. The van der Waals surface area contributed by atoms with E-state index in [1.165, 1.54) is 4.68 Å². The minimum Gasteiger partial charge on any atom is -0.353 e. The van der Waals surface area contributed by atoms with Crippen molar-refractivity contribution in [2.45, 2.75) is 39.3 Å². The van der Waals surface area contributed by atoms with Crippen LogP contribution in [0.3, 0.4) is 0 Å². The van der Waals surface area contributed by atoms with Crippen molar-refractivity contribution in [1.29, 1.82) is 0 Å². The molecule has 1 saturated heterocycles. The standard InChI is InChI=1S/C25H28ClN7O2/c1-3-30-14-6-7-20(30)15-27-21(34)16-32-25(35)22-23(17(2)28-32)29-33(19-10-8-18(26)9-11-19)24(22)31-12-4-5-13-31/h4-5,8-13,20H,3,6-7,14-16H2,1-2H3,(H,27,34)/t20-/m0/s1. The van der Waals surface area contributed by atoms with Crippen LogP contribution in [0.2, 0.25) is 5.02 Å². The van der Waals surface area contributed by atoms with Crippen molar-refractivity contribution in [1.82, 2.24) is 34.3 Å². The number of amides is 1. The van der Waals surface area contributed by atoms with Crippen LogP contribution in [0, 0.1) is 6.92 Å². The Labute approximate surface area is 207 Å². The number of halogens is 1. The Kier molecular flexibility index (Phi) is 6.44. The molecule has 4 heterocycles. The average Bonchev–Trinajstić information content (AvgIpc) is 3.60. The van der Waals surface area contributed by atoms with E-state index in [1.807, 2.05) is 41.2 Å². The van der Waals surface area contributed by atoms with Crippen molar-refractivity contribution in [3.63, 3.8) is 0 Å². The first-order valence-electron chi connectivity index (χ1n) is 11.9. The van der Waals surface area contributed by atoms with Gasteiger partial charge in [0.1, 0.15) is 17.4 Å². The molecule has 0 radical (unpaired) electrons. The van der Waals surface area contributed by atoms with Crippen LogP contribution in [0.25, 0.3) is 22.4 Å². The summed E-state index contributed by atoms with van der Waals surface area (Å²) in [5, 5.41) is 13.2. The first-order valence-corrected chi connectivity index (χ1v) is 12.2. The predicted octanol–water partition coefficient (Wildman–Crippen LogP) is 2.94. The largest absolute Gasteiger partial charge is 0.353 e. The second kappa shape index (κ2) is 9.67. The van der Waals surface area contributed by atoms with Crippen LogP contribution in [-0.4, -0.2) is 60.6 Å². The van der Waals surface area contributed by atoms with E-state index in [4.69, 9.17) is 16.7 Å². The number of carbonyl (C=O) groups excluding carboxylic acids is 1. The van der Waals surface area contributed by atoms with Crippen LogP contribution >= 0.6 is 11.6 Å². The van der Waals surface area contributed by atoms with Crippen LogP contribution in [0.1, 0.15) is 25.5 Å². The van der Waals surface area contributed by atoms with E-state index < -0.39 is 0 Å². The lowest BCUT2D eigenvalue weighted by Crippen LogP contribution is -2.42. The SMILES string of the molecule is CCN1CCC[C@H]1CNC(=O)Cn1nc(C)c2nn(-c3ccc(Cl)cc3)c(-n3cccc3)c2c1=O. The lowest BCUT2D eigenvalue weighted by atomic mass is 10.2. The lowest BCUT2D eigenvalue weighted by Gasteiger charge is -2.22. The molecule has 9 nitrogen and oxygen atoms in total. The second-order valence-corrected chi connectivity index (χ2v) is 9.24. The number of aromatic nitrogens is 5. The van der Waals surface area contributed by atoms with Crippen molar-refractivity contribution in [2.75, 3.05) is 19.6 Å². The molecule has 1 aliphatic heterocycles. The number of nitrogens with zero attached hydrogens (tertiary/aromatic N) is 6. The summed E-state index contributed by atoms with van der Waals surface area (Å²) < 4.78 is 4.79. The fourth-order valence-electron chi connectivity index (χ4n) is 4.81. The van der Waals surface area contributed by atoms with Crippen LogP contribution in [0.15, 0.2) is 53.6 Å². The minimum absolute atomic E-state index is 0.147. The smallest absolute Gasteiger partial charge is 0.280 e. The Hall–Kier alpha value is -3.43. The number of likely N-dealkylation sites (tertiary alicyclic amines) is 1. The molecule has 1 N–H and O–H groups in total. The molecule has 1 fully saturated rings. The number of aryl methyl sites for hydroxylation is 1. The fourth-order valence-corrected chi connectivity index (χ4v) is 4.94. The van der Waals surface area contributed by atoms with Crippen molar-refractivity contribution in [2.24, 2.45) is 0 Å². The molecule has 10 heteroatoms. The summed E-state index contributed by atoms with van der Waals surface area (Å²) in [6.45, 7) is 6.39. The van der Waals surface area contributed by atoms with E-state index in [-0.39, 0.29) is 18.0 Å². The molecule has 35 heavy (non-hydrogen) atoms. The highest BCUT2D eigenvalue weighted by Crippen LogP contribution is 2.25. The summed E-state index contributed by atoms with van der Waals surface area (Å²) in [6, 6.07) is 11.4. The van der Waals surface area contributed by atoms with Gasteiger partial charge in [0.15, 0.2) is 5.82 Å². The predicted molar refractivity (Wildman–Crippen MR) is 135 cm³/mol. The Balaban J connectivity index is 1.52. The molecule has 1 aliphatic rings. The summed E-state index contributed by atoms with van der Waals surface area (Å²) >= 11 is 6.08. The third-order valence-electron chi connectivity index (χ3n) is 6.58. The molecule has 0 saturated carbocycles. The summed E-state index contributed by atoms with van der Waals surface area (Å²) in [4.78, 5) is 28.8. The lowest BCUT2D eigenvalue weighted by molar-refractivity contribution is -0.122. The molecular formula is C25H28ClN7O2. The highest BCUT2D eigenvalue weighted by atomic mass is 35.5. The molecule has 4 aromatic rings. The first-order chi connectivity index (χ1) is 17.0.